The molecule has 0 unspecified atom stereocenters. The number of carbonyl (C=O) groups is 1. The van der Waals surface area contributed by atoms with Crippen molar-refractivity contribution in [3.63, 3.8) is 0 Å². The zero-order valence-corrected chi connectivity index (χ0v) is 16.5. The van der Waals surface area contributed by atoms with Crippen LogP contribution in [0.3, 0.4) is 0 Å². The van der Waals surface area contributed by atoms with Gasteiger partial charge in [-0.05, 0) is 57.3 Å². The molecule has 4 heteroatoms. The Bertz CT molecular complexity index is 605. The van der Waals surface area contributed by atoms with Gasteiger partial charge in [0.05, 0.1) is 0 Å². The normalized spacial score (nSPS) is 23.2. The predicted octanol–water partition coefficient (Wildman–Crippen LogP) is 4.67. The first-order valence-corrected chi connectivity index (χ1v) is 11.0. The van der Waals surface area contributed by atoms with E-state index in [9.17, 15) is 4.79 Å². The highest BCUT2D eigenvalue weighted by Crippen LogP contribution is 2.36. The molecule has 4 rings (SSSR count). The summed E-state index contributed by atoms with van der Waals surface area (Å²) in [4.78, 5) is 19.5. The van der Waals surface area contributed by atoms with Crippen LogP contribution in [0, 0.1) is 18.8 Å². The maximum absolute atomic E-state index is 12.6. The molecule has 2 aliphatic carbocycles. The second kappa shape index (κ2) is 8.14. The van der Waals surface area contributed by atoms with Gasteiger partial charge in [-0.2, -0.15) is 0 Å². The molecular weight excluding hydrogens is 322 g/mol. The molecule has 1 aliphatic heterocycles. The fourth-order valence-electron chi connectivity index (χ4n) is 5.10. The Morgan fingerprint density at radius 2 is 1.73 bits per heavy atom. The van der Waals surface area contributed by atoms with Crippen LogP contribution >= 0.6 is 0 Å². The second-order valence-electron chi connectivity index (χ2n) is 9.03. The van der Waals surface area contributed by atoms with Crippen LogP contribution in [0.15, 0.2) is 6.20 Å². The Labute approximate surface area is 158 Å². The molecule has 0 aromatic carbocycles. The van der Waals surface area contributed by atoms with Crippen LogP contribution in [0.4, 0.5) is 0 Å². The van der Waals surface area contributed by atoms with Crippen LogP contribution < -0.4 is 0 Å². The van der Waals surface area contributed by atoms with Gasteiger partial charge in [-0.1, -0.05) is 25.7 Å². The first-order valence-electron chi connectivity index (χ1n) is 11.0. The van der Waals surface area contributed by atoms with Crippen molar-refractivity contribution < 1.29 is 4.79 Å². The number of imidazole rings is 1. The molecule has 3 aliphatic rings. The highest BCUT2D eigenvalue weighted by Gasteiger charge is 2.28. The summed E-state index contributed by atoms with van der Waals surface area (Å²) < 4.78 is 2.48. The summed E-state index contributed by atoms with van der Waals surface area (Å²) in [6, 6.07) is 0. The molecule has 2 heterocycles. The highest BCUT2D eigenvalue weighted by molar-refractivity contribution is 5.76. The third-order valence-corrected chi connectivity index (χ3v) is 7.15. The number of carbonyl (C=O) groups excluding carboxylic acids is 1. The summed E-state index contributed by atoms with van der Waals surface area (Å²) in [7, 11) is 0. The Kier molecular flexibility index (Phi) is 5.66. The third-order valence-electron chi connectivity index (χ3n) is 7.15. The standard InChI is InChI=1S/C22H35N3O/c1-17-15-23-22(20-8-5-9-20)25(17)16-19-10-12-24(13-11-19)21(26)14-18-6-3-2-4-7-18/h15,18-20H,2-14,16H2,1H3. The molecule has 0 radical (unpaired) electrons. The molecule has 1 aromatic rings. The van der Waals surface area contributed by atoms with Crippen LogP contribution in [0.5, 0.6) is 0 Å². The molecular formula is C22H35N3O. The predicted molar refractivity (Wildman–Crippen MR) is 104 cm³/mol. The van der Waals surface area contributed by atoms with Crippen LogP contribution in [0.25, 0.3) is 0 Å². The average Bonchev–Trinajstić information content (AvgIpc) is 2.96. The number of nitrogens with zero attached hydrogens (tertiary/aromatic N) is 3. The number of amides is 1. The van der Waals surface area contributed by atoms with Crippen LogP contribution in [-0.2, 0) is 11.3 Å². The summed E-state index contributed by atoms with van der Waals surface area (Å²) in [5.74, 6) is 3.79. The molecule has 0 N–H and O–H groups in total. The van der Waals surface area contributed by atoms with Gasteiger partial charge in [0.25, 0.3) is 0 Å². The zero-order valence-electron chi connectivity index (χ0n) is 16.5. The molecule has 1 saturated heterocycles. The van der Waals surface area contributed by atoms with Crippen LogP contribution in [0.1, 0.15) is 88.1 Å². The maximum atomic E-state index is 12.6. The van der Waals surface area contributed by atoms with Gasteiger partial charge in [-0.15, -0.1) is 0 Å². The number of hydrogen-bond donors (Lipinski definition) is 0. The van der Waals surface area contributed by atoms with Crippen molar-refractivity contribution in [3.8, 4) is 0 Å². The van der Waals surface area contributed by atoms with E-state index in [1.807, 2.05) is 0 Å². The van der Waals surface area contributed by atoms with Gasteiger partial charge in [0.1, 0.15) is 5.82 Å². The topological polar surface area (TPSA) is 38.1 Å². The summed E-state index contributed by atoms with van der Waals surface area (Å²) in [5, 5.41) is 0. The quantitative estimate of drug-likeness (QED) is 0.768. The SMILES string of the molecule is Cc1cnc(C2CCC2)n1CC1CCN(C(=O)CC2CCCCC2)CC1. The third kappa shape index (κ3) is 3.99. The number of hydrogen-bond acceptors (Lipinski definition) is 2. The largest absolute Gasteiger partial charge is 0.343 e. The van der Waals surface area contributed by atoms with Crippen LogP contribution in [-0.4, -0.2) is 33.4 Å². The van der Waals surface area contributed by atoms with Crippen molar-refractivity contribution in [2.24, 2.45) is 11.8 Å². The number of piperidine rings is 1. The Morgan fingerprint density at radius 3 is 2.38 bits per heavy atom. The molecule has 2 saturated carbocycles. The van der Waals surface area contributed by atoms with Crippen molar-refractivity contribution in [2.45, 2.75) is 90.0 Å². The maximum Gasteiger partial charge on any atom is 0.222 e. The molecule has 26 heavy (non-hydrogen) atoms. The van der Waals surface area contributed by atoms with E-state index in [4.69, 9.17) is 4.98 Å². The first-order chi connectivity index (χ1) is 12.7. The Hall–Kier alpha value is -1.32. The zero-order chi connectivity index (χ0) is 17.9. The number of aryl methyl sites for hydroxylation is 1. The molecule has 1 amide bonds. The minimum atomic E-state index is 0.421. The summed E-state index contributed by atoms with van der Waals surface area (Å²) >= 11 is 0. The lowest BCUT2D eigenvalue weighted by Gasteiger charge is -2.34. The van der Waals surface area contributed by atoms with Gasteiger partial charge >= 0.3 is 0 Å². The van der Waals surface area contributed by atoms with E-state index in [0.29, 0.717) is 23.7 Å². The molecule has 3 fully saturated rings. The smallest absolute Gasteiger partial charge is 0.222 e. The summed E-state index contributed by atoms with van der Waals surface area (Å²) in [5.41, 5.74) is 1.31. The van der Waals surface area contributed by atoms with Gasteiger partial charge in [0, 0.05) is 43.9 Å². The Morgan fingerprint density at radius 1 is 1.00 bits per heavy atom. The lowest BCUT2D eigenvalue weighted by molar-refractivity contribution is -0.133. The van der Waals surface area contributed by atoms with Crippen molar-refractivity contribution in [1.82, 2.24) is 14.5 Å². The fraction of sp³-hybridized carbons (Fsp3) is 0.818. The van der Waals surface area contributed by atoms with Crippen LogP contribution in [0.2, 0.25) is 0 Å². The average molecular weight is 358 g/mol. The minimum Gasteiger partial charge on any atom is -0.343 e. The highest BCUT2D eigenvalue weighted by atomic mass is 16.2. The molecule has 0 spiro atoms. The van der Waals surface area contributed by atoms with E-state index in [1.54, 1.807) is 0 Å². The number of aromatic nitrogens is 2. The van der Waals surface area contributed by atoms with E-state index in [2.05, 4.69) is 22.6 Å². The van der Waals surface area contributed by atoms with Gasteiger partial charge in [0.2, 0.25) is 5.91 Å². The van der Waals surface area contributed by atoms with Crippen molar-refractivity contribution in [3.05, 3.63) is 17.7 Å². The van der Waals surface area contributed by atoms with E-state index in [1.165, 1.54) is 62.9 Å². The second-order valence-corrected chi connectivity index (χ2v) is 9.03. The van der Waals surface area contributed by atoms with Crippen molar-refractivity contribution in [1.29, 1.82) is 0 Å². The lowest BCUT2D eigenvalue weighted by Crippen LogP contribution is -2.40. The fourth-order valence-corrected chi connectivity index (χ4v) is 5.10. The van der Waals surface area contributed by atoms with E-state index >= 15 is 0 Å². The van der Waals surface area contributed by atoms with Gasteiger partial charge in [-0.3, -0.25) is 4.79 Å². The molecule has 1 aromatic heterocycles. The molecule has 0 bridgehead atoms. The molecule has 144 valence electrons. The van der Waals surface area contributed by atoms with E-state index in [-0.39, 0.29) is 0 Å². The van der Waals surface area contributed by atoms with Gasteiger partial charge in [-0.25, -0.2) is 4.98 Å². The van der Waals surface area contributed by atoms with E-state index in [0.717, 1.165) is 38.9 Å². The lowest BCUT2D eigenvalue weighted by atomic mass is 9.84. The van der Waals surface area contributed by atoms with Crippen molar-refractivity contribution >= 4 is 5.91 Å². The van der Waals surface area contributed by atoms with Gasteiger partial charge < -0.3 is 9.47 Å². The Balaban J connectivity index is 1.27. The molecule has 4 nitrogen and oxygen atoms in total. The first kappa shape index (κ1) is 18.1. The van der Waals surface area contributed by atoms with Crippen molar-refractivity contribution in [2.75, 3.05) is 13.1 Å². The minimum absolute atomic E-state index is 0.421. The number of likely N-dealkylation sites (tertiary alicyclic amines) is 1. The molecule has 0 atom stereocenters. The summed E-state index contributed by atoms with van der Waals surface area (Å²) in [6.45, 7) is 5.21. The van der Waals surface area contributed by atoms with Gasteiger partial charge in [0.15, 0.2) is 0 Å². The monoisotopic (exact) mass is 357 g/mol. The summed E-state index contributed by atoms with van der Waals surface area (Å²) in [6.07, 6.45) is 15.7. The number of rotatable bonds is 5. The van der Waals surface area contributed by atoms with E-state index < -0.39 is 0 Å².